The van der Waals surface area contributed by atoms with Gasteiger partial charge in [-0.1, -0.05) is 26.0 Å². The van der Waals surface area contributed by atoms with Gasteiger partial charge in [-0.2, -0.15) is 0 Å². The van der Waals surface area contributed by atoms with Crippen LogP contribution in [0, 0.1) is 11.2 Å². The minimum atomic E-state index is -1.27. The molecule has 0 aliphatic carbocycles. The number of hydrogen-bond donors (Lipinski definition) is 4. The number of carbonyl (C=O) groups is 1. The van der Waals surface area contributed by atoms with E-state index in [9.17, 15) is 14.3 Å². The first-order chi connectivity index (χ1) is 10.7. The van der Waals surface area contributed by atoms with Crippen LogP contribution in [0.2, 0.25) is 0 Å². The first-order valence-corrected chi connectivity index (χ1v) is 7.77. The van der Waals surface area contributed by atoms with E-state index in [0.29, 0.717) is 12.1 Å². The van der Waals surface area contributed by atoms with Gasteiger partial charge in [0, 0.05) is 13.2 Å². The van der Waals surface area contributed by atoms with Crippen molar-refractivity contribution in [3.63, 3.8) is 0 Å². The Bertz CT molecular complexity index is 501. The number of hydrogen-bond acceptors (Lipinski definition) is 3. The van der Waals surface area contributed by atoms with Crippen LogP contribution in [-0.4, -0.2) is 35.9 Å². The fourth-order valence-electron chi connectivity index (χ4n) is 2.07. The highest BCUT2D eigenvalue weighted by Gasteiger charge is 2.23. The summed E-state index contributed by atoms with van der Waals surface area (Å²) in [6.45, 7) is 6.12. The van der Waals surface area contributed by atoms with Crippen LogP contribution in [-0.2, 0) is 5.60 Å². The molecule has 1 aromatic rings. The number of nitrogens with one attached hydrogen (secondary N) is 2. The molecule has 1 aromatic carbocycles. The molecule has 5 nitrogen and oxygen atoms in total. The van der Waals surface area contributed by atoms with E-state index in [2.05, 4.69) is 10.6 Å². The Labute approximate surface area is 136 Å². The zero-order valence-electron chi connectivity index (χ0n) is 14.0. The lowest BCUT2D eigenvalue weighted by atomic mass is 9.89. The van der Waals surface area contributed by atoms with Crippen molar-refractivity contribution >= 4 is 6.03 Å². The smallest absolute Gasteiger partial charge is 0.314 e. The van der Waals surface area contributed by atoms with Crippen LogP contribution < -0.4 is 10.6 Å². The maximum absolute atomic E-state index is 12.9. The van der Waals surface area contributed by atoms with Crippen LogP contribution in [0.1, 0.15) is 39.2 Å². The van der Waals surface area contributed by atoms with E-state index in [1.54, 1.807) is 6.92 Å². The Morgan fingerprint density at radius 2 is 1.78 bits per heavy atom. The minimum absolute atomic E-state index is 0.0204. The quantitative estimate of drug-likeness (QED) is 0.552. The van der Waals surface area contributed by atoms with Crippen molar-refractivity contribution in [2.45, 2.75) is 39.2 Å². The van der Waals surface area contributed by atoms with Crippen LogP contribution in [0.4, 0.5) is 9.18 Å². The first-order valence-electron chi connectivity index (χ1n) is 7.77. The third-order valence-electron chi connectivity index (χ3n) is 3.80. The van der Waals surface area contributed by atoms with Gasteiger partial charge in [0.1, 0.15) is 11.4 Å². The normalized spacial score (nSPS) is 14.2. The molecule has 0 heterocycles. The average Bonchev–Trinajstić information content (AvgIpc) is 2.50. The van der Waals surface area contributed by atoms with Gasteiger partial charge in [-0.05, 0) is 42.9 Å². The summed E-state index contributed by atoms with van der Waals surface area (Å²) in [6.07, 6.45) is 1.56. The van der Waals surface area contributed by atoms with Crippen LogP contribution in [0.3, 0.4) is 0 Å². The van der Waals surface area contributed by atoms with Gasteiger partial charge in [0.15, 0.2) is 0 Å². The molecular formula is C17H27FN2O3. The molecular weight excluding hydrogens is 299 g/mol. The number of amides is 2. The van der Waals surface area contributed by atoms with E-state index in [0.717, 1.165) is 12.8 Å². The molecule has 23 heavy (non-hydrogen) atoms. The second kappa shape index (κ2) is 8.26. The molecule has 130 valence electrons. The maximum atomic E-state index is 12.9. The molecule has 0 aliphatic heterocycles. The number of benzene rings is 1. The van der Waals surface area contributed by atoms with E-state index >= 15 is 0 Å². The van der Waals surface area contributed by atoms with Crippen molar-refractivity contribution in [3.05, 3.63) is 35.6 Å². The third-order valence-corrected chi connectivity index (χ3v) is 3.80. The van der Waals surface area contributed by atoms with Gasteiger partial charge in [-0.25, -0.2) is 9.18 Å². The lowest BCUT2D eigenvalue weighted by Crippen LogP contribution is -2.43. The maximum Gasteiger partial charge on any atom is 0.314 e. The fraction of sp³-hybridized carbons (Fsp3) is 0.588. The molecule has 0 radical (unpaired) electrons. The molecule has 0 bridgehead atoms. The van der Waals surface area contributed by atoms with Crippen LogP contribution in [0.5, 0.6) is 0 Å². The molecule has 1 unspecified atom stereocenters. The standard InChI is InChI=1S/C17H27FN2O3/c1-16(2,12-21)9-4-10-19-15(22)20-11-17(3,23)13-5-7-14(18)8-6-13/h5-8,21,23H,4,9-12H2,1-3H3,(H2,19,20,22). The molecule has 6 heteroatoms. The largest absolute Gasteiger partial charge is 0.396 e. The number of rotatable bonds is 8. The summed E-state index contributed by atoms with van der Waals surface area (Å²) in [4.78, 5) is 11.7. The summed E-state index contributed by atoms with van der Waals surface area (Å²) in [5.41, 5.74) is -0.891. The highest BCUT2D eigenvalue weighted by Crippen LogP contribution is 2.21. The predicted molar refractivity (Wildman–Crippen MR) is 87.5 cm³/mol. The molecule has 0 fully saturated rings. The predicted octanol–water partition coefficient (Wildman–Crippen LogP) is 2.13. The summed E-state index contributed by atoms with van der Waals surface area (Å²) in [7, 11) is 0. The van der Waals surface area contributed by atoms with Gasteiger partial charge in [-0.3, -0.25) is 0 Å². The molecule has 0 saturated heterocycles. The van der Waals surface area contributed by atoms with E-state index in [-0.39, 0.29) is 30.4 Å². The van der Waals surface area contributed by atoms with Gasteiger partial charge in [0.25, 0.3) is 0 Å². The van der Waals surface area contributed by atoms with E-state index in [1.165, 1.54) is 24.3 Å². The van der Waals surface area contributed by atoms with E-state index in [1.807, 2.05) is 13.8 Å². The third kappa shape index (κ3) is 6.97. The number of carbonyl (C=O) groups excluding carboxylic acids is 1. The minimum Gasteiger partial charge on any atom is -0.396 e. The summed E-state index contributed by atoms with van der Waals surface area (Å²) in [5, 5.41) is 24.8. The van der Waals surface area contributed by atoms with Crippen molar-refractivity contribution < 1.29 is 19.4 Å². The van der Waals surface area contributed by atoms with E-state index in [4.69, 9.17) is 5.11 Å². The topological polar surface area (TPSA) is 81.6 Å². The van der Waals surface area contributed by atoms with Crippen LogP contribution in [0.15, 0.2) is 24.3 Å². The van der Waals surface area contributed by atoms with Crippen LogP contribution in [0.25, 0.3) is 0 Å². The Balaban J connectivity index is 2.33. The zero-order valence-corrected chi connectivity index (χ0v) is 14.0. The summed E-state index contributed by atoms with van der Waals surface area (Å²) < 4.78 is 12.9. The van der Waals surface area contributed by atoms with Crippen molar-refractivity contribution in [1.82, 2.24) is 10.6 Å². The van der Waals surface area contributed by atoms with E-state index < -0.39 is 5.60 Å². The fourth-order valence-corrected chi connectivity index (χ4v) is 2.07. The highest BCUT2D eigenvalue weighted by molar-refractivity contribution is 5.73. The molecule has 0 spiro atoms. The zero-order chi connectivity index (χ0) is 17.5. The van der Waals surface area contributed by atoms with Crippen LogP contribution >= 0.6 is 0 Å². The van der Waals surface area contributed by atoms with Crippen molar-refractivity contribution in [2.24, 2.45) is 5.41 Å². The number of urea groups is 1. The summed E-state index contributed by atoms with van der Waals surface area (Å²) in [6, 6.07) is 5.16. The van der Waals surface area contributed by atoms with Gasteiger partial charge in [-0.15, -0.1) is 0 Å². The number of aliphatic hydroxyl groups is 2. The van der Waals surface area contributed by atoms with Crippen molar-refractivity contribution in [1.29, 1.82) is 0 Å². The number of halogens is 1. The Kier molecular flexibility index (Phi) is 6.97. The second-order valence-electron chi connectivity index (χ2n) is 6.82. The molecule has 1 atom stereocenters. The monoisotopic (exact) mass is 326 g/mol. The SMILES string of the molecule is CC(C)(CO)CCCNC(=O)NCC(C)(O)c1ccc(F)cc1. The van der Waals surface area contributed by atoms with Crippen molar-refractivity contribution in [3.8, 4) is 0 Å². The highest BCUT2D eigenvalue weighted by atomic mass is 19.1. The molecule has 0 aromatic heterocycles. The van der Waals surface area contributed by atoms with Gasteiger partial charge < -0.3 is 20.8 Å². The summed E-state index contributed by atoms with van der Waals surface area (Å²) >= 11 is 0. The Hall–Kier alpha value is -1.66. The van der Waals surface area contributed by atoms with Gasteiger partial charge in [0.05, 0.1) is 6.54 Å². The van der Waals surface area contributed by atoms with Gasteiger partial charge in [0.2, 0.25) is 0 Å². The molecule has 4 N–H and O–H groups in total. The molecule has 1 rings (SSSR count). The molecule has 2 amide bonds. The van der Waals surface area contributed by atoms with Gasteiger partial charge >= 0.3 is 6.03 Å². The lowest BCUT2D eigenvalue weighted by molar-refractivity contribution is 0.0593. The average molecular weight is 326 g/mol. The molecule has 0 saturated carbocycles. The Morgan fingerprint density at radius 3 is 2.35 bits per heavy atom. The number of aliphatic hydroxyl groups excluding tert-OH is 1. The molecule has 0 aliphatic rings. The lowest BCUT2D eigenvalue weighted by Gasteiger charge is -2.24. The summed E-state index contributed by atoms with van der Waals surface area (Å²) in [5.74, 6) is -0.374. The first kappa shape index (κ1) is 19.4. The van der Waals surface area contributed by atoms with Crippen molar-refractivity contribution in [2.75, 3.05) is 19.7 Å². The Morgan fingerprint density at radius 1 is 1.17 bits per heavy atom. The second-order valence-corrected chi connectivity index (χ2v) is 6.82.